The number of rotatable bonds is 2. The summed E-state index contributed by atoms with van der Waals surface area (Å²) < 4.78 is 6.53. The van der Waals surface area contributed by atoms with Crippen LogP contribution >= 0.6 is 15.9 Å². The molecule has 2 aromatic carbocycles. The molecule has 0 saturated heterocycles. The second kappa shape index (κ2) is 5.32. The Hall–Kier alpha value is -2.38. The zero-order valence-corrected chi connectivity index (χ0v) is 12.0. The molecule has 0 spiro atoms. The molecule has 0 aliphatic rings. The first-order valence-corrected chi connectivity index (χ1v) is 6.75. The summed E-state index contributed by atoms with van der Waals surface area (Å²) in [6, 6.07) is 15.1. The largest absolute Gasteiger partial charge is 0.444 e. The molecule has 0 saturated carbocycles. The van der Waals surface area contributed by atoms with Gasteiger partial charge >= 0.3 is 0 Å². The highest BCUT2D eigenvalue weighted by Crippen LogP contribution is 2.26. The molecule has 0 unspecified atom stereocenters. The lowest BCUT2D eigenvalue weighted by atomic mass is 10.1. The van der Waals surface area contributed by atoms with Crippen LogP contribution in [0, 0.1) is 6.57 Å². The summed E-state index contributed by atoms with van der Waals surface area (Å²) >= 11 is 3.40. The molecule has 0 fully saturated rings. The van der Waals surface area contributed by atoms with Crippen molar-refractivity contribution in [2.75, 3.05) is 0 Å². The minimum Gasteiger partial charge on any atom is -0.444 e. The van der Waals surface area contributed by atoms with E-state index in [-0.39, 0.29) is 0 Å². The third-order valence-corrected chi connectivity index (χ3v) is 3.42. The lowest BCUT2D eigenvalue weighted by Crippen LogP contribution is -1.79. The standard InChI is InChI=1S/C16H9BrN2O/c1-18-14-8-4-11(5-9-14)15-10-20-16(19-15)12-2-6-13(17)7-3-12/h2-10H. The Bertz CT molecular complexity index is 767. The van der Waals surface area contributed by atoms with E-state index >= 15 is 0 Å². The van der Waals surface area contributed by atoms with E-state index in [1.165, 1.54) is 0 Å². The Morgan fingerprint density at radius 1 is 0.950 bits per heavy atom. The molecule has 0 aliphatic heterocycles. The van der Waals surface area contributed by atoms with Crippen molar-refractivity contribution in [2.24, 2.45) is 0 Å². The number of hydrogen-bond donors (Lipinski definition) is 0. The van der Waals surface area contributed by atoms with Crippen LogP contribution in [0.15, 0.2) is 63.7 Å². The van der Waals surface area contributed by atoms with Gasteiger partial charge in [-0.25, -0.2) is 9.83 Å². The summed E-state index contributed by atoms with van der Waals surface area (Å²) in [7, 11) is 0. The minimum absolute atomic E-state index is 0.585. The van der Waals surface area contributed by atoms with Crippen molar-refractivity contribution in [3.05, 3.63) is 70.7 Å². The molecule has 3 aromatic rings. The fourth-order valence-corrected chi connectivity index (χ4v) is 2.10. The second-order valence-corrected chi connectivity index (χ2v) is 5.12. The van der Waals surface area contributed by atoms with E-state index in [2.05, 4.69) is 25.8 Å². The summed E-state index contributed by atoms with van der Waals surface area (Å²) in [6.07, 6.45) is 1.63. The van der Waals surface area contributed by atoms with Gasteiger partial charge in [-0.15, -0.1) is 0 Å². The Morgan fingerprint density at radius 2 is 1.60 bits per heavy atom. The van der Waals surface area contributed by atoms with Crippen LogP contribution in [-0.4, -0.2) is 4.98 Å². The predicted octanol–water partition coefficient (Wildman–Crippen LogP) is 5.32. The Morgan fingerprint density at radius 3 is 2.25 bits per heavy atom. The molecular formula is C16H9BrN2O. The van der Waals surface area contributed by atoms with Crippen molar-refractivity contribution < 1.29 is 4.42 Å². The summed E-state index contributed by atoms with van der Waals surface area (Å²) in [6.45, 7) is 6.94. The second-order valence-electron chi connectivity index (χ2n) is 4.20. The molecule has 0 N–H and O–H groups in total. The first-order chi connectivity index (χ1) is 9.76. The topological polar surface area (TPSA) is 30.4 Å². The van der Waals surface area contributed by atoms with Gasteiger partial charge in [0.25, 0.3) is 0 Å². The predicted molar refractivity (Wildman–Crippen MR) is 81.3 cm³/mol. The fraction of sp³-hybridized carbons (Fsp3) is 0. The molecule has 4 heteroatoms. The quantitative estimate of drug-likeness (QED) is 0.597. The van der Waals surface area contributed by atoms with Crippen LogP contribution in [0.2, 0.25) is 0 Å². The van der Waals surface area contributed by atoms with E-state index in [4.69, 9.17) is 11.0 Å². The van der Waals surface area contributed by atoms with Crippen molar-refractivity contribution in [1.29, 1.82) is 0 Å². The molecule has 0 aliphatic carbocycles. The Labute approximate surface area is 124 Å². The third kappa shape index (κ3) is 2.49. The van der Waals surface area contributed by atoms with E-state index in [1.54, 1.807) is 18.4 Å². The van der Waals surface area contributed by atoms with Crippen LogP contribution in [0.4, 0.5) is 5.69 Å². The van der Waals surface area contributed by atoms with Gasteiger partial charge in [0.1, 0.15) is 12.0 Å². The number of benzene rings is 2. The van der Waals surface area contributed by atoms with Gasteiger partial charge in [-0.2, -0.15) is 0 Å². The molecule has 96 valence electrons. The van der Waals surface area contributed by atoms with Crippen molar-refractivity contribution in [2.45, 2.75) is 0 Å². The molecule has 0 atom stereocenters. The monoisotopic (exact) mass is 324 g/mol. The third-order valence-electron chi connectivity index (χ3n) is 2.89. The highest BCUT2D eigenvalue weighted by molar-refractivity contribution is 9.10. The van der Waals surface area contributed by atoms with Gasteiger partial charge < -0.3 is 4.42 Å². The highest BCUT2D eigenvalue weighted by atomic mass is 79.9. The van der Waals surface area contributed by atoms with Gasteiger partial charge in [0.2, 0.25) is 5.89 Å². The molecule has 3 rings (SSSR count). The molecule has 3 nitrogen and oxygen atoms in total. The van der Waals surface area contributed by atoms with Crippen LogP contribution in [-0.2, 0) is 0 Å². The molecular weight excluding hydrogens is 316 g/mol. The van der Waals surface area contributed by atoms with E-state index in [1.807, 2.05) is 36.4 Å². The normalized spacial score (nSPS) is 10.2. The summed E-state index contributed by atoms with van der Waals surface area (Å²) in [5, 5.41) is 0. The van der Waals surface area contributed by atoms with E-state index in [9.17, 15) is 0 Å². The maximum Gasteiger partial charge on any atom is 0.226 e. The van der Waals surface area contributed by atoms with Crippen molar-refractivity contribution in [3.63, 3.8) is 0 Å². The average Bonchev–Trinajstić information content (AvgIpc) is 2.98. The zero-order valence-electron chi connectivity index (χ0n) is 10.4. The van der Waals surface area contributed by atoms with Gasteiger partial charge in [-0.05, 0) is 24.3 Å². The first-order valence-electron chi connectivity index (χ1n) is 5.95. The average molecular weight is 325 g/mol. The number of nitrogens with zero attached hydrogens (tertiary/aromatic N) is 2. The zero-order chi connectivity index (χ0) is 13.9. The minimum atomic E-state index is 0.585. The van der Waals surface area contributed by atoms with Gasteiger partial charge in [0.05, 0.1) is 6.57 Å². The lowest BCUT2D eigenvalue weighted by molar-refractivity contribution is 0.575. The molecule has 0 radical (unpaired) electrons. The van der Waals surface area contributed by atoms with E-state index < -0.39 is 0 Å². The maximum atomic E-state index is 6.94. The number of halogens is 1. The SMILES string of the molecule is [C-]#[N+]c1ccc(-c2coc(-c3ccc(Br)cc3)n2)cc1. The molecule has 0 amide bonds. The van der Waals surface area contributed by atoms with Crippen LogP contribution < -0.4 is 0 Å². The number of oxazole rings is 1. The van der Waals surface area contributed by atoms with Gasteiger partial charge in [0, 0.05) is 15.6 Å². The number of aromatic nitrogens is 1. The van der Waals surface area contributed by atoms with Crippen molar-refractivity contribution in [1.82, 2.24) is 4.98 Å². The molecule has 0 bridgehead atoms. The molecule has 1 aromatic heterocycles. The van der Waals surface area contributed by atoms with Crippen LogP contribution in [0.5, 0.6) is 0 Å². The van der Waals surface area contributed by atoms with E-state index in [0.29, 0.717) is 11.6 Å². The van der Waals surface area contributed by atoms with Gasteiger partial charge in [0.15, 0.2) is 5.69 Å². The smallest absolute Gasteiger partial charge is 0.226 e. The lowest BCUT2D eigenvalue weighted by Gasteiger charge is -1.96. The Kier molecular flexibility index (Phi) is 3.36. The van der Waals surface area contributed by atoms with Crippen molar-refractivity contribution in [3.8, 4) is 22.7 Å². The molecule has 20 heavy (non-hydrogen) atoms. The van der Waals surface area contributed by atoms with Crippen LogP contribution in [0.25, 0.3) is 27.6 Å². The van der Waals surface area contributed by atoms with Gasteiger partial charge in [-0.1, -0.05) is 40.2 Å². The maximum absolute atomic E-state index is 6.94. The summed E-state index contributed by atoms with van der Waals surface area (Å²) in [5.41, 5.74) is 3.24. The Balaban J connectivity index is 1.93. The first kappa shape index (κ1) is 12.6. The summed E-state index contributed by atoms with van der Waals surface area (Å²) in [4.78, 5) is 7.84. The van der Waals surface area contributed by atoms with Crippen LogP contribution in [0.1, 0.15) is 0 Å². The van der Waals surface area contributed by atoms with Crippen LogP contribution in [0.3, 0.4) is 0 Å². The molecule has 1 heterocycles. The summed E-state index contributed by atoms with van der Waals surface area (Å²) in [5.74, 6) is 0.585. The highest BCUT2D eigenvalue weighted by Gasteiger charge is 2.08. The van der Waals surface area contributed by atoms with Gasteiger partial charge in [-0.3, -0.25) is 0 Å². The number of hydrogen-bond acceptors (Lipinski definition) is 2. The van der Waals surface area contributed by atoms with E-state index in [0.717, 1.165) is 21.3 Å². The van der Waals surface area contributed by atoms with Crippen molar-refractivity contribution >= 4 is 21.6 Å². The fourth-order valence-electron chi connectivity index (χ4n) is 1.84.